The lowest BCUT2D eigenvalue weighted by Gasteiger charge is -2.08. The topological polar surface area (TPSA) is 116 Å². The molecule has 24 heavy (non-hydrogen) atoms. The lowest BCUT2D eigenvalue weighted by atomic mass is 10.2. The van der Waals surface area contributed by atoms with Crippen molar-refractivity contribution in [2.24, 2.45) is 17.4 Å². The van der Waals surface area contributed by atoms with Crippen LogP contribution in [0.1, 0.15) is 33.6 Å². The normalized spacial score (nSPS) is 12.7. The number of nitrogens with two attached hydrogens (primary N) is 2. The average molecular weight is 328 g/mol. The molecule has 2 aromatic rings. The quantitative estimate of drug-likeness (QED) is 0.779. The van der Waals surface area contributed by atoms with Gasteiger partial charge in [-0.3, -0.25) is 9.59 Å². The molecule has 0 aliphatic heterocycles. The van der Waals surface area contributed by atoms with E-state index in [-0.39, 0.29) is 11.3 Å². The molecule has 5 N–H and O–H groups in total. The number of primary amides is 2. The van der Waals surface area contributed by atoms with E-state index in [2.05, 4.69) is 0 Å². The van der Waals surface area contributed by atoms with Gasteiger partial charge in [0.25, 0.3) is 11.8 Å². The summed E-state index contributed by atoms with van der Waals surface area (Å²) in [5.74, 6) is 0.160. The Morgan fingerprint density at radius 3 is 2.00 bits per heavy atom. The van der Waals surface area contributed by atoms with Gasteiger partial charge in [-0.2, -0.15) is 0 Å². The minimum absolute atomic E-state index is 0.0741. The van der Waals surface area contributed by atoms with E-state index in [1.807, 2.05) is 6.07 Å². The Balaban J connectivity index is 0.000000185. The molecule has 1 aliphatic rings. The van der Waals surface area contributed by atoms with Gasteiger partial charge in [0.05, 0.1) is 17.7 Å². The zero-order chi connectivity index (χ0) is 17.5. The number of para-hydroxylation sites is 2. The van der Waals surface area contributed by atoms with E-state index in [4.69, 9.17) is 21.3 Å². The zero-order valence-electron chi connectivity index (χ0n) is 13.1. The molecule has 1 saturated carbocycles. The minimum atomic E-state index is -0.613. The van der Waals surface area contributed by atoms with E-state index < -0.39 is 11.8 Å². The van der Waals surface area contributed by atoms with Gasteiger partial charge in [-0.25, -0.2) is 0 Å². The van der Waals surface area contributed by atoms with Crippen LogP contribution in [0.5, 0.6) is 11.5 Å². The van der Waals surface area contributed by atoms with Gasteiger partial charge >= 0.3 is 0 Å². The third-order valence-electron chi connectivity index (χ3n) is 3.49. The molecule has 0 atom stereocenters. The van der Waals surface area contributed by atoms with Crippen molar-refractivity contribution in [2.45, 2.75) is 12.8 Å². The lowest BCUT2D eigenvalue weighted by Crippen LogP contribution is -2.13. The highest BCUT2D eigenvalue weighted by molar-refractivity contribution is 5.95. The van der Waals surface area contributed by atoms with Crippen LogP contribution >= 0.6 is 0 Å². The molecule has 0 spiro atoms. The maximum atomic E-state index is 11.0. The number of ether oxygens (including phenoxy) is 1. The third kappa shape index (κ3) is 5.01. The summed E-state index contributed by atoms with van der Waals surface area (Å²) < 4.78 is 5.52. The molecule has 6 nitrogen and oxygen atoms in total. The number of rotatable bonds is 5. The fourth-order valence-electron chi connectivity index (χ4n) is 1.97. The number of phenols is 1. The predicted octanol–water partition coefficient (Wildman–Crippen LogP) is 2.07. The summed E-state index contributed by atoms with van der Waals surface area (Å²) >= 11 is 0. The Bertz CT molecular complexity index is 726. The Hall–Kier alpha value is -3.02. The van der Waals surface area contributed by atoms with Crippen molar-refractivity contribution in [3.8, 4) is 11.5 Å². The smallest absolute Gasteiger partial charge is 0.252 e. The van der Waals surface area contributed by atoms with E-state index in [0.717, 1.165) is 0 Å². The number of hydrogen-bond acceptors (Lipinski definition) is 4. The molecule has 2 amide bonds. The van der Waals surface area contributed by atoms with Crippen molar-refractivity contribution >= 4 is 11.8 Å². The van der Waals surface area contributed by atoms with E-state index in [0.29, 0.717) is 23.8 Å². The van der Waals surface area contributed by atoms with E-state index in [1.54, 1.807) is 30.3 Å². The first kappa shape index (κ1) is 17.3. The van der Waals surface area contributed by atoms with E-state index >= 15 is 0 Å². The fourth-order valence-corrected chi connectivity index (χ4v) is 1.97. The highest BCUT2D eigenvalue weighted by Crippen LogP contribution is 2.30. The van der Waals surface area contributed by atoms with Crippen LogP contribution in [0.2, 0.25) is 0 Å². The van der Waals surface area contributed by atoms with Crippen LogP contribution in [0.15, 0.2) is 48.5 Å². The van der Waals surface area contributed by atoms with Crippen LogP contribution in [0.3, 0.4) is 0 Å². The SMILES string of the molecule is NC(=O)c1ccccc1O.NC(=O)c1ccccc1OCC1CC1. The van der Waals surface area contributed by atoms with Crippen LogP contribution in [-0.4, -0.2) is 23.5 Å². The first-order valence-corrected chi connectivity index (χ1v) is 7.58. The van der Waals surface area contributed by atoms with Crippen LogP contribution in [0, 0.1) is 5.92 Å². The molecule has 1 aliphatic carbocycles. The standard InChI is InChI=1S/C11H13NO2.C7H7NO2/c12-11(13)9-3-1-2-4-10(9)14-7-8-5-6-8;8-7(10)5-3-1-2-4-6(5)9/h1-4,8H,5-7H2,(H2,12,13);1-4,9H,(H2,8,10). The number of aromatic hydroxyl groups is 1. The summed E-state index contributed by atoms with van der Waals surface area (Å²) in [4.78, 5) is 21.5. The molecule has 0 unspecified atom stereocenters. The molecule has 2 aromatic carbocycles. The summed E-state index contributed by atoms with van der Waals surface area (Å²) in [6.45, 7) is 0.699. The second-order valence-corrected chi connectivity index (χ2v) is 5.50. The largest absolute Gasteiger partial charge is 0.507 e. The van der Waals surface area contributed by atoms with Crippen LogP contribution in [0.25, 0.3) is 0 Å². The van der Waals surface area contributed by atoms with Gasteiger partial charge in [0.1, 0.15) is 11.5 Å². The highest BCUT2D eigenvalue weighted by atomic mass is 16.5. The van der Waals surface area contributed by atoms with Gasteiger partial charge < -0.3 is 21.3 Å². The predicted molar refractivity (Wildman–Crippen MR) is 89.8 cm³/mol. The number of amides is 2. The number of benzene rings is 2. The van der Waals surface area contributed by atoms with Crippen molar-refractivity contribution < 1.29 is 19.4 Å². The van der Waals surface area contributed by atoms with Gasteiger partial charge in [-0.05, 0) is 43.0 Å². The monoisotopic (exact) mass is 328 g/mol. The van der Waals surface area contributed by atoms with Crippen molar-refractivity contribution in [1.29, 1.82) is 0 Å². The van der Waals surface area contributed by atoms with Gasteiger partial charge in [0.2, 0.25) is 0 Å². The summed E-state index contributed by atoms with van der Waals surface area (Å²) in [6, 6.07) is 13.2. The first-order chi connectivity index (χ1) is 11.5. The van der Waals surface area contributed by atoms with Crippen molar-refractivity contribution in [1.82, 2.24) is 0 Å². The second kappa shape index (κ2) is 8.01. The number of carbonyl (C=O) groups is 2. The summed E-state index contributed by atoms with van der Waals surface area (Å²) in [6.07, 6.45) is 2.47. The van der Waals surface area contributed by atoms with Crippen molar-refractivity contribution in [2.75, 3.05) is 6.61 Å². The van der Waals surface area contributed by atoms with E-state index in [1.165, 1.54) is 25.0 Å². The fraction of sp³-hybridized carbons (Fsp3) is 0.222. The third-order valence-corrected chi connectivity index (χ3v) is 3.49. The maximum Gasteiger partial charge on any atom is 0.252 e. The molecular weight excluding hydrogens is 308 g/mol. The van der Waals surface area contributed by atoms with Crippen LogP contribution < -0.4 is 16.2 Å². The number of hydrogen-bond donors (Lipinski definition) is 3. The Labute approximate surface area is 140 Å². The van der Waals surface area contributed by atoms with Crippen LogP contribution in [0.4, 0.5) is 0 Å². The highest BCUT2D eigenvalue weighted by Gasteiger charge is 2.22. The zero-order valence-corrected chi connectivity index (χ0v) is 13.1. The summed E-state index contributed by atoms with van der Waals surface area (Å²) in [7, 11) is 0. The molecule has 0 radical (unpaired) electrons. The van der Waals surface area contributed by atoms with Crippen molar-refractivity contribution in [3.05, 3.63) is 59.7 Å². The molecule has 3 rings (SSSR count). The molecule has 126 valence electrons. The molecule has 0 heterocycles. The Kier molecular flexibility index (Phi) is 5.78. The molecule has 6 heteroatoms. The lowest BCUT2D eigenvalue weighted by molar-refractivity contribution is 0.0988. The molecular formula is C18H20N2O4. The Morgan fingerprint density at radius 1 is 0.958 bits per heavy atom. The van der Waals surface area contributed by atoms with E-state index in [9.17, 15) is 9.59 Å². The van der Waals surface area contributed by atoms with Gasteiger partial charge in [-0.15, -0.1) is 0 Å². The first-order valence-electron chi connectivity index (χ1n) is 7.58. The van der Waals surface area contributed by atoms with Gasteiger partial charge in [-0.1, -0.05) is 24.3 Å². The molecule has 1 fully saturated rings. The molecule has 0 bridgehead atoms. The summed E-state index contributed by atoms with van der Waals surface area (Å²) in [5.41, 5.74) is 10.8. The molecule has 0 saturated heterocycles. The van der Waals surface area contributed by atoms with Crippen molar-refractivity contribution in [3.63, 3.8) is 0 Å². The second-order valence-electron chi connectivity index (χ2n) is 5.50. The molecule has 0 aromatic heterocycles. The Morgan fingerprint density at radius 2 is 1.50 bits per heavy atom. The maximum absolute atomic E-state index is 11.0. The van der Waals surface area contributed by atoms with Gasteiger partial charge in [0.15, 0.2) is 0 Å². The number of carbonyl (C=O) groups excluding carboxylic acids is 2. The summed E-state index contributed by atoms with van der Waals surface area (Å²) in [5, 5.41) is 8.98. The van der Waals surface area contributed by atoms with Crippen LogP contribution in [-0.2, 0) is 0 Å². The average Bonchev–Trinajstić information content (AvgIpc) is 3.38. The van der Waals surface area contributed by atoms with Gasteiger partial charge in [0, 0.05) is 0 Å². The minimum Gasteiger partial charge on any atom is -0.507 e.